The summed E-state index contributed by atoms with van der Waals surface area (Å²) in [5.41, 5.74) is 0.837. The van der Waals surface area contributed by atoms with Crippen LogP contribution in [0.2, 0.25) is 0 Å². The van der Waals surface area contributed by atoms with E-state index < -0.39 is 0 Å². The van der Waals surface area contributed by atoms with Crippen molar-refractivity contribution in [2.24, 2.45) is 0 Å². The molecule has 0 saturated heterocycles. The number of rotatable bonds is 2. The maximum Gasteiger partial charge on any atom is 0.249 e. The van der Waals surface area contributed by atoms with E-state index in [1.54, 1.807) is 17.4 Å². The van der Waals surface area contributed by atoms with Crippen molar-refractivity contribution in [2.75, 3.05) is 16.8 Å². The van der Waals surface area contributed by atoms with Crippen LogP contribution in [0, 0.1) is 0 Å². The highest BCUT2D eigenvalue weighted by molar-refractivity contribution is 6.04. The number of nitrogens with zero attached hydrogens (tertiary/aromatic N) is 4. The van der Waals surface area contributed by atoms with E-state index in [0.29, 0.717) is 6.04 Å². The summed E-state index contributed by atoms with van der Waals surface area (Å²) in [7, 11) is 1.82. The second kappa shape index (κ2) is 4.79. The largest absolute Gasteiger partial charge is 0.340 e. The molecule has 0 N–H and O–H groups in total. The minimum atomic E-state index is -0.0736. The first-order valence-corrected chi connectivity index (χ1v) is 7.10. The Bertz CT molecular complexity index is 484. The Balaban J connectivity index is 2.07. The minimum absolute atomic E-state index is 0.0736. The quantitative estimate of drug-likeness (QED) is 0.816. The van der Waals surface area contributed by atoms with E-state index in [2.05, 4.69) is 21.8 Å². The van der Waals surface area contributed by atoms with Gasteiger partial charge in [0.05, 0.1) is 6.20 Å². The Morgan fingerprint density at radius 2 is 2.11 bits per heavy atom. The Hall–Kier alpha value is -1.65. The lowest BCUT2D eigenvalue weighted by Crippen LogP contribution is -2.55. The summed E-state index contributed by atoms with van der Waals surface area (Å²) in [6.07, 6.45) is 8.98. The van der Waals surface area contributed by atoms with Crippen molar-refractivity contribution in [3.8, 4) is 0 Å². The number of carbonyl (C=O) groups excluding carboxylic acids is 1. The molecule has 19 heavy (non-hydrogen) atoms. The highest BCUT2D eigenvalue weighted by Gasteiger charge is 2.40. The van der Waals surface area contributed by atoms with Crippen molar-refractivity contribution in [3.63, 3.8) is 0 Å². The molecule has 0 spiro atoms. The van der Waals surface area contributed by atoms with Gasteiger partial charge in [-0.1, -0.05) is 19.8 Å². The Morgan fingerprint density at radius 1 is 1.37 bits per heavy atom. The lowest BCUT2D eigenvalue weighted by atomic mass is 10.0. The molecule has 2 heterocycles. The van der Waals surface area contributed by atoms with Gasteiger partial charge in [-0.2, -0.15) is 0 Å². The van der Waals surface area contributed by atoms with Gasteiger partial charge in [0.15, 0.2) is 5.82 Å². The first-order chi connectivity index (χ1) is 9.24. The van der Waals surface area contributed by atoms with Gasteiger partial charge < -0.3 is 9.80 Å². The van der Waals surface area contributed by atoms with E-state index in [0.717, 1.165) is 30.8 Å². The predicted octanol–water partition coefficient (Wildman–Crippen LogP) is 1.98. The Morgan fingerprint density at radius 3 is 2.79 bits per heavy atom. The Labute approximate surface area is 113 Å². The van der Waals surface area contributed by atoms with E-state index in [4.69, 9.17) is 0 Å². The van der Waals surface area contributed by atoms with Crippen LogP contribution in [0.25, 0.3) is 0 Å². The lowest BCUT2D eigenvalue weighted by molar-refractivity contribution is -0.120. The average Bonchev–Trinajstić information content (AvgIpc) is 2.96. The molecule has 0 bridgehead atoms. The maximum absolute atomic E-state index is 12.5. The first-order valence-electron chi connectivity index (χ1n) is 7.10. The van der Waals surface area contributed by atoms with Crippen LogP contribution >= 0.6 is 0 Å². The van der Waals surface area contributed by atoms with Crippen molar-refractivity contribution >= 4 is 17.4 Å². The molecule has 1 aliphatic carbocycles. The van der Waals surface area contributed by atoms with Crippen LogP contribution in [-0.4, -0.2) is 35.0 Å². The molecule has 1 aliphatic heterocycles. The molecule has 0 aromatic carbocycles. The van der Waals surface area contributed by atoms with Crippen LogP contribution < -0.4 is 9.80 Å². The number of likely N-dealkylation sites (N-methyl/N-ethyl adjacent to an activating group) is 1. The summed E-state index contributed by atoms with van der Waals surface area (Å²) in [5.74, 6) is 1.09. The van der Waals surface area contributed by atoms with Gasteiger partial charge in [0.2, 0.25) is 5.91 Å². The fourth-order valence-corrected chi connectivity index (χ4v) is 3.34. The van der Waals surface area contributed by atoms with E-state index in [1.165, 1.54) is 12.8 Å². The lowest BCUT2D eigenvalue weighted by Gasteiger charge is -2.43. The van der Waals surface area contributed by atoms with Crippen molar-refractivity contribution in [2.45, 2.75) is 51.1 Å². The standard InChI is InChI=1S/C14H20N4O/c1-3-11-14(19)17(2)12-8-15-9-16-13(12)18(11)10-6-4-5-7-10/h8-11H,3-7H2,1-2H3/t11-/m1/s1. The van der Waals surface area contributed by atoms with Gasteiger partial charge in [0.25, 0.3) is 0 Å². The van der Waals surface area contributed by atoms with Gasteiger partial charge in [0, 0.05) is 13.1 Å². The molecule has 0 unspecified atom stereocenters. The topological polar surface area (TPSA) is 49.3 Å². The van der Waals surface area contributed by atoms with E-state index in [-0.39, 0.29) is 11.9 Å². The SMILES string of the molecule is CC[C@@H]1C(=O)N(C)c2cncnc2N1C1CCCC1. The smallest absolute Gasteiger partial charge is 0.249 e. The maximum atomic E-state index is 12.5. The number of carbonyl (C=O) groups is 1. The molecule has 102 valence electrons. The monoisotopic (exact) mass is 260 g/mol. The van der Waals surface area contributed by atoms with Gasteiger partial charge in [-0.15, -0.1) is 0 Å². The second-order valence-corrected chi connectivity index (χ2v) is 5.40. The third-order valence-electron chi connectivity index (χ3n) is 4.33. The number of aromatic nitrogens is 2. The molecule has 5 nitrogen and oxygen atoms in total. The van der Waals surface area contributed by atoms with Gasteiger partial charge in [0.1, 0.15) is 18.1 Å². The highest BCUT2D eigenvalue weighted by atomic mass is 16.2. The van der Waals surface area contributed by atoms with Crippen molar-refractivity contribution in [1.29, 1.82) is 0 Å². The predicted molar refractivity (Wildman–Crippen MR) is 74.3 cm³/mol. The first kappa shape index (κ1) is 12.4. The molecule has 1 aromatic heterocycles. The van der Waals surface area contributed by atoms with E-state index in [9.17, 15) is 4.79 Å². The van der Waals surface area contributed by atoms with Crippen molar-refractivity contribution in [1.82, 2.24) is 9.97 Å². The van der Waals surface area contributed by atoms with E-state index in [1.807, 2.05) is 7.05 Å². The summed E-state index contributed by atoms with van der Waals surface area (Å²) in [6, 6.07) is 0.381. The fraction of sp³-hybridized carbons (Fsp3) is 0.643. The van der Waals surface area contributed by atoms with Gasteiger partial charge in [-0.3, -0.25) is 4.79 Å². The number of hydrogen-bond donors (Lipinski definition) is 0. The van der Waals surface area contributed by atoms with Gasteiger partial charge in [-0.25, -0.2) is 9.97 Å². The summed E-state index contributed by atoms with van der Waals surface area (Å²) < 4.78 is 0. The van der Waals surface area contributed by atoms with Gasteiger partial charge in [-0.05, 0) is 19.3 Å². The fourth-order valence-electron chi connectivity index (χ4n) is 3.34. The van der Waals surface area contributed by atoms with Crippen LogP contribution in [0.15, 0.2) is 12.5 Å². The zero-order chi connectivity index (χ0) is 13.4. The van der Waals surface area contributed by atoms with Crippen LogP contribution in [0.4, 0.5) is 11.5 Å². The van der Waals surface area contributed by atoms with Crippen LogP contribution in [0.3, 0.4) is 0 Å². The average molecular weight is 260 g/mol. The molecular formula is C14H20N4O. The van der Waals surface area contributed by atoms with E-state index >= 15 is 0 Å². The molecule has 1 aromatic rings. The molecule has 2 aliphatic rings. The number of fused-ring (bicyclic) bond motifs is 1. The molecule has 1 fully saturated rings. The summed E-state index contributed by atoms with van der Waals surface area (Å²) in [4.78, 5) is 25.0. The summed E-state index contributed by atoms with van der Waals surface area (Å²) in [6.45, 7) is 2.07. The molecular weight excluding hydrogens is 240 g/mol. The zero-order valence-electron chi connectivity index (χ0n) is 11.5. The normalized spacial score (nSPS) is 23.9. The molecule has 1 atom stereocenters. The third kappa shape index (κ3) is 1.88. The van der Waals surface area contributed by atoms with Gasteiger partial charge >= 0.3 is 0 Å². The van der Waals surface area contributed by atoms with Crippen LogP contribution in [0.1, 0.15) is 39.0 Å². The molecule has 1 saturated carbocycles. The summed E-state index contributed by atoms with van der Waals surface area (Å²) >= 11 is 0. The Kier molecular flexibility index (Phi) is 3.12. The van der Waals surface area contributed by atoms with Crippen molar-refractivity contribution < 1.29 is 4.79 Å². The third-order valence-corrected chi connectivity index (χ3v) is 4.33. The number of hydrogen-bond acceptors (Lipinski definition) is 4. The van der Waals surface area contributed by atoms with Crippen LogP contribution in [0.5, 0.6) is 0 Å². The second-order valence-electron chi connectivity index (χ2n) is 5.40. The zero-order valence-corrected chi connectivity index (χ0v) is 11.5. The molecule has 0 radical (unpaired) electrons. The molecule has 3 rings (SSSR count). The van der Waals surface area contributed by atoms with Crippen LogP contribution in [-0.2, 0) is 4.79 Å². The number of anilines is 2. The van der Waals surface area contributed by atoms with Crippen molar-refractivity contribution in [3.05, 3.63) is 12.5 Å². The summed E-state index contributed by atoms with van der Waals surface area (Å²) in [5, 5.41) is 0. The minimum Gasteiger partial charge on any atom is -0.340 e. The molecule has 5 heteroatoms. The number of amides is 1. The highest BCUT2D eigenvalue weighted by Crippen LogP contribution is 2.38. The molecule has 1 amide bonds.